The van der Waals surface area contributed by atoms with Gasteiger partial charge in [-0.2, -0.15) is 0 Å². The summed E-state index contributed by atoms with van der Waals surface area (Å²) in [4.78, 5) is 18.2. The largest absolute Gasteiger partial charge is 0.469 e. The molecular weight excluding hydrogens is 422 g/mol. The average molecular weight is 460 g/mol. The first-order valence-corrected chi connectivity index (χ1v) is 12.8. The Balaban J connectivity index is 1.54. The fourth-order valence-corrected chi connectivity index (χ4v) is 5.70. The number of fused-ring (bicyclic) bond motifs is 1. The fourth-order valence-electron chi connectivity index (χ4n) is 4.71. The van der Waals surface area contributed by atoms with Gasteiger partial charge in [0, 0.05) is 43.2 Å². The molecule has 0 unspecified atom stereocenters. The van der Waals surface area contributed by atoms with Crippen LogP contribution in [0.5, 0.6) is 0 Å². The number of carbonyl (C=O) groups is 1. The van der Waals surface area contributed by atoms with Gasteiger partial charge in [-0.05, 0) is 68.2 Å². The topological polar surface area (TPSA) is 56.6 Å². The van der Waals surface area contributed by atoms with Gasteiger partial charge in [0.05, 0.1) is 24.1 Å². The molecule has 176 valence electrons. The third kappa shape index (κ3) is 5.15. The molecule has 2 fully saturated rings. The van der Waals surface area contributed by atoms with Crippen LogP contribution in [-0.4, -0.2) is 53.2 Å². The molecule has 0 amide bonds. The van der Waals surface area contributed by atoms with E-state index in [1.807, 2.05) is 0 Å². The molecule has 7 heteroatoms. The van der Waals surface area contributed by atoms with Gasteiger partial charge in [0.1, 0.15) is 5.82 Å². The lowest BCUT2D eigenvalue weighted by molar-refractivity contribution is -0.146. The summed E-state index contributed by atoms with van der Waals surface area (Å²) in [5.41, 5.74) is 2.36. The number of hydrogen-bond donors (Lipinski definition) is 0. The lowest BCUT2D eigenvalue weighted by Gasteiger charge is -2.29. The molecule has 1 aromatic heterocycles. The Kier molecular flexibility index (Phi) is 7.47. The molecule has 2 aliphatic rings. The second kappa shape index (κ2) is 10.1. The van der Waals surface area contributed by atoms with Gasteiger partial charge in [0.2, 0.25) is 0 Å². The van der Waals surface area contributed by atoms with E-state index in [4.69, 9.17) is 14.5 Å². The van der Waals surface area contributed by atoms with Crippen molar-refractivity contribution in [3.8, 4) is 0 Å². The van der Waals surface area contributed by atoms with Crippen molar-refractivity contribution in [2.45, 2.75) is 69.7 Å². The van der Waals surface area contributed by atoms with Crippen molar-refractivity contribution in [3.63, 3.8) is 0 Å². The highest BCUT2D eigenvalue weighted by Crippen LogP contribution is 2.35. The molecule has 0 N–H and O–H groups in total. The van der Waals surface area contributed by atoms with E-state index in [1.54, 1.807) is 11.9 Å². The van der Waals surface area contributed by atoms with Crippen LogP contribution in [0.15, 0.2) is 23.1 Å². The summed E-state index contributed by atoms with van der Waals surface area (Å²) in [6, 6.07) is 6.72. The van der Waals surface area contributed by atoms with E-state index < -0.39 is 0 Å². The molecule has 3 heterocycles. The maximum atomic E-state index is 11.8. The van der Waals surface area contributed by atoms with Gasteiger partial charge in [-0.1, -0.05) is 20.8 Å². The number of piperidine rings is 1. The van der Waals surface area contributed by atoms with Gasteiger partial charge in [-0.15, -0.1) is 0 Å². The molecule has 0 aliphatic carbocycles. The molecule has 6 nitrogen and oxygen atoms in total. The Labute approximate surface area is 196 Å². The molecule has 0 bridgehead atoms. The number of esters is 1. The van der Waals surface area contributed by atoms with Crippen LogP contribution in [-0.2, 0) is 26.2 Å². The van der Waals surface area contributed by atoms with E-state index in [-0.39, 0.29) is 17.3 Å². The smallest absolute Gasteiger partial charge is 0.308 e. The van der Waals surface area contributed by atoms with E-state index in [2.05, 4.69) is 47.8 Å². The molecule has 0 atom stereocenters. The molecule has 0 spiro atoms. The highest BCUT2D eigenvalue weighted by atomic mass is 32.2. The maximum Gasteiger partial charge on any atom is 0.308 e. The molecule has 0 radical (unpaired) electrons. The second-order valence-electron chi connectivity index (χ2n) is 9.81. The van der Waals surface area contributed by atoms with Gasteiger partial charge in [-0.3, -0.25) is 4.79 Å². The highest BCUT2D eigenvalue weighted by Gasteiger charge is 2.29. The van der Waals surface area contributed by atoms with Crippen molar-refractivity contribution >= 4 is 29.0 Å². The number of hydrogen-bond acceptors (Lipinski definition) is 6. The van der Waals surface area contributed by atoms with Gasteiger partial charge in [0.25, 0.3) is 0 Å². The summed E-state index contributed by atoms with van der Waals surface area (Å²) in [5, 5.41) is 0. The number of rotatable bonds is 7. The van der Waals surface area contributed by atoms with Crippen LogP contribution in [0.4, 0.5) is 0 Å². The molecule has 2 aromatic rings. The zero-order valence-corrected chi connectivity index (χ0v) is 20.7. The molecule has 32 heavy (non-hydrogen) atoms. The van der Waals surface area contributed by atoms with Crippen molar-refractivity contribution in [2.24, 2.45) is 11.8 Å². The van der Waals surface area contributed by atoms with Crippen LogP contribution in [0.2, 0.25) is 0 Å². The first-order chi connectivity index (χ1) is 15.4. The maximum absolute atomic E-state index is 11.8. The standard InChI is InChI=1S/C25H37N3O3S/c1-5-25(2,3)24-26-21-16-20(32-27-12-8-19(9-13-27)23(29)30-4)6-7-22(21)28(24)17-18-10-14-31-15-11-18/h6-7,16,18-19H,5,8-15,17H2,1-4H3. The third-order valence-corrected chi connectivity index (χ3v) is 8.30. The van der Waals surface area contributed by atoms with Gasteiger partial charge in [-0.25, -0.2) is 9.29 Å². The minimum atomic E-state index is -0.0720. The van der Waals surface area contributed by atoms with Crippen LogP contribution in [0.3, 0.4) is 0 Å². The van der Waals surface area contributed by atoms with Crippen LogP contribution < -0.4 is 0 Å². The summed E-state index contributed by atoms with van der Waals surface area (Å²) in [5.74, 6) is 1.82. The van der Waals surface area contributed by atoms with E-state index in [9.17, 15) is 4.79 Å². The molecular formula is C25H37N3O3S. The number of benzene rings is 1. The van der Waals surface area contributed by atoms with Gasteiger partial charge >= 0.3 is 5.97 Å². The Morgan fingerprint density at radius 2 is 1.94 bits per heavy atom. The van der Waals surface area contributed by atoms with E-state index >= 15 is 0 Å². The summed E-state index contributed by atoms with van der Waals surface area (Å²) >= 11 is 1.78. The van der Waals surface area contributed by atoms with Crippen molar-refractivity contribution in [3.05, 3.63) is 24.0 Å². The number of nitrogens with zero attached hydrogens (tertiary/aromatic N) is 3. The van der Waals surface area contributed by atoms with Gasteiger partial charge in [0.15, 0.2) is 0 Å². The predicted molar refractivity (Wildman–Crippen MR) is 129 cm³/mol. The van der Waals surface area contributed by atoms with Crippen LogP contribution in [0.1, 0.15) is 58.7 Å². The molecule has 1 aromatic carbocycles. The quantitative estimate of drug-likeness (QED) is 0.427. The Hall–Kier alpha value is -1.57. The minimum absolute atomic E-state index is 0.0350. The average Bonchev–Trinajstić information content (AvgIpc) is 3.18. The Morgan fingerprint density at radius 3 is 2.59 bits per heavy atom. The fraction of sp³-hybridized carbons (Fsp3) is 0.680. The first-order valence-electron chi connectivity index (χ1n) is 12.0. The number of aromatic nitrogens is 2. The van der Waals surface area contributed by atoms with Gasteiger partial charge < -0.3 is 14.0 Å². The molecule has 4 rings (SSSR count). The monoisotopic (exact) mass is 459 g/mol. The zero-order valence-electron chi connectivity index (χ0n) is 19.9. The van der Waals surface area contributed by atoms with Crippen molar-refractivity contribution in [1.29, 1.82) is 0 Å². The van der Waals surface area contributed by atoms with Crippen molar-refractivity contribution in [1.82, 2.24) is 13.9 Å². The normalized spacial score (nSPS) is 19.5. The third-order valence-electron chi connectivity index (χ3n) is 7.21. The van der Waals surface area contributed by atoms with E-state index in [1.165, 1.54) is 23.3 Å². The summed E-state index contributed by atoms with van der Waals surface area (Å²) in [7, 11) is 1.48. The summed E-state index contributed by atoms with van der Waals surface area (Å²) in [6.07, 6.45) is 5.02. The number of ether oxygens (including phenoxy) is 2. The number of carbonyl (C=O) groups excluding carboxylic acids is 1. The van der Waals surface area contributed by atoms with E-state index in [0.29, 0.717) is 5.92 Å². The summed E-state index contributed by atoms with van der Waals surface area (Å²) in [6.45, 7) is 11.4. The van der Waals surface area contributed by atoms with E-state index in [0.717, 1.165) is 70.5 Å². The first kappa shape index (κ1) is 23.6. The molecule has 2 aliphatic heterocycles. The highest BCUT2D eigenvalue weighted by molar-refractivity contribution is 7.97. The van der Waals surface area contributed by atoms with Crippen molar-refractivity contribution < 1.29 is 14.3 Å². The lowest BCUT2D eigenvalue weighted by Crippen LogP contribution is -2.32. The predicted octanol–water partition coefficient (Wildman–Crippen LogP) is 5.04. The lowest BCUT2D eigenvalue weighted by atomic mass is 9.89. The Bertz CT molecular complexity index is 928. The zero-order chi connectivity index (χ0) is 22.7. The van der Waals surface area contributed by atoms with Crippen LogP contribution >= 0.6 is 11.9 Å². The van der Waals surface area contributed by atoms with Crippen LogP contribution in [0, 0.1) is 11.8 Å². The molecule has 2 saturated heterocycles. The van der Waals surface area contributed by atoms with Crippen LogP contribution in [0.25, 0.3) is 11.0 Å². The minimum Gasteiger partial charge on any atom is -0.469 e. The number of imidazole rings is 1. The molecule has 0 saturated carbocycles. The number of methoxy groups -OCH3 is 1. The van der Waals surface area contributed by atoms with Crippen molar-refractivity contribution in [2.75, 3.05) is 33.4 Å². The summed E-state index contributed by atoms with van der Waals surface area (Å²) < 4.78 is 15.3. The SMILES string of the molecule is CCC(C)(C)c1nc2cc(SN3CCC(C(=O)OC)CC3)ccc2n1CC1CCOCC1. The Morgan fingerprint density at radius 1 is 1.22 bits per heavy atom. The second-order valence-corrected chi connectivity index (χ2v) is 11.0.